The van der Waals surface area contributed by atoms with Crippen LogP contribution in [0.5, 0.6) is 0 Å². The van der Waals surface area contributed by atoms with Crippen molar-refractivity contribution in [3.05, 3.63) is 12.2 Å². The van der Waals surface area contributed by atoms with Gasteiger partial charge in [0.1, 0.15) is 0 Å². The number of hydrogen-bond donors (Lipinski definition) is 2. The lowest BCUT2D eigenvalue weighted by Gasteiger charge is -2.29. The Hall–Kier alpha value is -0.630. The molecule has 20 heavy (non-hydrogen) atoms. The summed E-state index contributed by atoms with van der Waals surface area (Å²) in [5, 5.41) is 2.75. The Balaban J connectivity index is 0. The minimum Gasteiger partial charge on any atom is -0.352 e. The van der Waals surface area contributed by atoms with Crippen LogP contribution >= 0.6 is 12.4 Å². The van der Waals surface area contributed by atoms with Crippen LogP contribution in [0.25, 0.3) is 0 Å². The van der Waals surface area contributed by atoms with E-state index < -0.39 is 10.1 Å². The Bertz CT molecular complexity index is 421. The largest absolute Gasteiger partial charge is 0.352 e. The molecule has 0 aliphatic carbocycles. The Morgan fingerprint density at radius 1 is 1.25 bits per heavy atom. The van der Waals surface area contributed by atoms with Gasteiger partial charge < -0.3 is 9.80 Å². The van der Waals surface area contributed by atoms with Gasteiger partial charge in [-0.1, -0.05) is 6.58 Å². The molecular weight excluding hydrogens is 304 g/mol. The van der Waals surface area contributed by atoms with Gasteiger partial charge in [0.15, 0.2) is 0 Å². The van der Waals surface area contributed by atoms with Crippen molar-refractivity contribution in [3.8, 4) is 0 Å². The van der Waals surface area contributed by atoms with Crippen molar-refractivity contribution in [2.24, 2.45) is 0 Å². The van der Waals surface area contributed by atoms with E-state index in [9.17, 15) is 13.2 Å². The predicted octanol–water partition coefficient (Wildman–Crippen LogP) is 0.845. The van der Waals surface area contributed by atoms with Crippen LogP contribution < -0.4 is 5.32 Å². The van der Waals surface area contributed by atoms with Crippen LogP contribution in [0.3, 0.4) is 0 Å². The molecule has 0 aliphatic heterocycles. The molecule has 8 heteroatoms. The molecule has 0 aromatic rings. The van der Waals surface area contributed by atoms with Crippen LogP contribution in [0, 0.1) is 0 Å². The molecule has 0 saturated heterocycles. The number of nitrogens with zero attached hydrogens (tertiary/aromatic N) is 1. The van der Waals surface area contributed by atoms with Gasteiger partial charge in [-0.25, -0.2) is 0 Å². The lowest BCUT2D eigenvalue weighted by atomic mass is 10.3. The first-order valence-electron chi connectivity index (χ1n) is 6.24. The molecule has 0 spiro atoms. The second kappa shape index (κ2) is 9.33. The average Bonchev–Trinajstić information content (AvgIpc) is 2.21. The predicted molar refractivity (Wildman–Crippen MR) is 82.6 cm³/mol. The zero-order chi connectivity index (χ0) is 15.1. The third kappa shape index (κ3) is 12.4. The Kier molecular flexibility index (Phi) is 10.1. The van der Waals surface area contributed by atoms with Crippen LogP contribution in [0.4, 0.5) is 0 Å². The molecule has 1 amide bonds. The second-order valence-corrected chi connectivity index (χ2v) is 6.98. The minimum atomic E-state index is -3.87. The number of rotatable bonds is 9. The molecule has 2 N–H and O–H groups in total. The summed E-state index contributed by atoms with van der Waals surface area (Å²) in [4.78, 5) is 11.2. The first-order chi connectivity index (χ1) is 8.53. The van der Waals surface area contributed by atoms with E-state index in [1.807, 2.05) is 14.1 Å². The summed E-state index contributed by atoms with van der Waals surface area (Å²) in [6.45, 7) is 7.26. The molecule has 0 heterocycles. The summed E-state index contributed by atoms with van der Waals surface area (Å²) >= 11 is 0. The van der Waals surface area contributed by atoms with Crippen molar-refractivity contribution in [1.82, 2.24) is 5.32 Å². The summed E-state index contributed by atoms with van der Waals surface area (Å²) in [5.41, 5.74) is 0.488. The van der Waals surface area contributed by atoms with E-state index in [-0.39, 0.29) is 24.1 Å². The molecule has 0 aromatic heterocycles. The van der Waals surface area contributed by atoms with Crippen molar-refractivity contribution < 1.29 is 22.2 Å². The molecular formula is C12H26ClN2O4S+. The molecule has 0 radical (unpaired) electrons. The molecule has 0 saturated carbocycles. The highest BCUT2D eigenvalue weighted by Crippen LogP contribution is 2.02. The molecule has 0 bridgehead atoms. The van der Waals surface area contributed by atoms with Gasteiger partial charge in [-0.2, -0.15) is 8.42 Å². The highest BCUT2D eigenvalue weighted by Gasteiger charge is 2.16. The van der Waals surface area contributed by atoms with Gasteiger partial charge in [0.05, 0.1) is 32.9 Å². The number of halogens is 1. The van der Waals surface area contributed by atoms with Gasteiger partial charge in [-0.3, -0.25) is 9.35 Å². The maximum absolute atomic E-state index is 11.2. The first-order valence-corrected chi connectivity index (χ1v) is 7.85. The zero-order valence-electron chi connectivity index (χ0n) is 12.4. The number of amides is 1. The lowest BCUT2D eigenvalue weighted by Crippen LogP contribution is -2.43. The van der Waals surface area contributed by atoms with E-state index in [4.69, 9.17) is 4.55 Å². The van der Waals surface area contributed by atoms with Crippen LogP contribution in [0.1, 0.15) is 19.8 Å². The summed E-state index contributed by atoms with van der Waals surface area (Å²) in [6, 6.07) is 0. The van der Waals surface area contributed by atoms with Gasteiger partial charge >= 0.3 is 0 Å². The van der Waals surface area contributed by atoms with Crippen molar-refractivity contribution in [2.75, 3.05) is 39.5 Å². The normalized spacial score (nSPS) is 11.6. The minimum absolute atomic E-state index is 0. The zero-order valence-corrected chi connectivity index (χ0v) is 14.0. The van der Waals surface area contributed by atoms with E-state index >= 15 is 0 Å². The van der Waals surface area contributed by atoms with Crippen molar-refractivity contribution in [2.45, 2.75) is 19.8 Å². The molecule has 0 unspecified atom stereocenters. The highest BCUT2D eigenvalue weighted by atomic mass is 35.5. The molecule has 120 valence electrons. The second-order valence-electron chi connectivity index (χ2n) is 5.41. The smallest absolute Gasteiger partial charge is 0.265 e. The number of hydrogen-bond acceptors (Lipinski definition) is 3. The van der Waals surface area contributed by atoms with E-state index in [1.54, 1.807) is 6.92 Å². The maximum atomic E-state index is 11.2. The van der Waals surface area contributed by atoms with Crippen LogP contribution in [0.2, 0.25) is 0 Å². The Labute approximate surface area is 128 Å². The fraction of sp³-hybridized carbons (Fsp3) is 0.750. The molecule has 0 aromatic carbocycles. The number of nitrogens with one attached hydrogen (secondary N) is 1. The van der Waals surface area contributed by atoms with Gasteiger partial charge in [-0.15, -0.1) is 12.4 Å². The number of carbonyl (C=O) groups is 1. The number of quaternary nitrogens is 1. The summed E-state index contributed by atoms with van der Waals surface area (Å²) in [5.74, 6) is -0.349. The topological polar surface area (TPSA) is 83.5 Å². The molecule has 0 aliphatic rings. The lowest BCUT2D eigenvalue weighted by molar-refractivity contribution is -0.890. The number of carbonyl (C=O) groups excluding carboxylic acids is 1. The summed E-state index contributed by atoms with van der Waals surface area (Å²) < 4.78 is 30.5. The van der Waals surface area contributed by atoms with E-state index in [2.05, 4.69) is 11.9 Å². The van der Waals surface area contributed by atoms with E-state index in [0.717, 1.165) is 13.0 Å². The van der Waals surface area contributed by atoms with Gasteiger partial charge in [0, 0.05) is 25.0 Å². The van der Waals surface area contributed by atoms with Crippen LogP contribution in [-0.4, -0.2) is 62.8 Å². The van der Waals surface area contributed by atoms with Crippen LogP contribution in [-0.2, 0) is 14.9 Å². The third-order valence-electron chi connectivity index (χ3n) is 2.78. The van der Waals surface area contributed by atoms with Gasteiger partial charge in [0.2, 0.25) is 5.91 Å². The maximum Gasteiger partial charge on any atom is 0.265 e. The van der Waals surface area contributed by atoms with E-state index in [0.29, 0.717) is 29.6 Å². The van der Waals surface area contributed by atoms with Crippen LogP contribution in [0.15, 0.2) is 12.2 Å². The highest BCUT2D eigenvalue weighted by molar-refractivity contribution is 7.85. The fourth-order valence-electron chi connectivity index (χ4n) is 1.65. The average molecular weight is 330 g/mol. The summed E-state index contributed by atoms with van der Waals surface area (Å²) in [6.07, 6.45) is 1.22. The third-order valence-corrected chi connectivity index (χ3v) is 3.58. The molecule has 0 rings (SSSR count). The van der Waals surface area contributed by atoms with Gasteiger partial charge in [-0.05, 0) is 6.92 Å². The summed E-state index contributed by atoms with van der Waals surface area (Å²) in [7, 11) is 0.112. The van der Waals surface area contributed by atoms with Crippen molar-refractivity contribution >= 4 is 28.4 Å². The van der Waals surface area contributed by atoms with Gasteiger partial charge in [0.25, 0.3) is 10.1 Å². The first kappa shape index (κ1) is 21.7. The fourth-order valence-corrected chi connectivity index (χ4v) is 2.14. The Morgan fingerprint density at radius 3 is 2.20 bits per heavy atom. The van der Waals surface area contributed by atoms with E-state index in [1.165, 1.54) is 0 Å². The van der Waals surface area contributed by atoms with Crippen molar-refractivity contribution in [3.63, 3.8) is 0 Å². The Morgan fingerprint density at radius 2 is 1.75 bits per heavy atom. The molecule has 0 fully saturated rings. The molecule has 0 atom stereocenters. The van der Waals surface area contributed by atoms with Crippen molar-refractivity contribution in [1.29, 1.82) is 0 Å². The quantitative estimate of drug-likeness (QED) is 0.284. The monoisotopic (exact) mass is 329 g/mol. The molecule has 6 nitrogen and oxygen atoms in total. The SMILES string of the molecule is C=C(C)C(=O)NCCC[N+](C)(C)CCCS(=O)(=O)O.Cl. The standard InChI is InChI=1S/C12H24N2O4S.ClH/c1-11(2)12(15)13-7-5-8-14(3,4)9-6-10-19(16,17)18;/h1,5-10H2,2-4H3,(H-,13,15,16,17,18);1H/p+1.